The molecule has 22 heteroatoms. The Bertz CT molecular complexity index is 1970. The summed E-state index contributed by atoms with van der Waals surface area (Å²) in [5.74, 6) is 2.02. The summed E-state index contributed by atoms with van der Waals surface area (Å²) in [6, 6.07) is 0. The summed E-state index contributed by atoms with van der Waals surface area (Å²) in [4.78, 5) is 45.5. The molecule has 0 spiro atoms. The molecule has 0 bridgehead atoms. The highest BCUT2D eigenvalue weighted by Gasteiger charge is 2.80. The normalized spacial score (nSPS) is 36.0. The minimum Gasteiger partial charge on any atom is -0.387 e. The van der Waals surface area contributed by atoms with Gasteiger partial charge in [0.25, 0.3) is 5.56 Å². The van der Waals surface area contributed by atoms with E-state index in [4.69, 9.17) is 48.2 Å². The number of H-pyrrole nitrogens is 1. The summed E-state index contributed by atoms with van der Waals surface area (Å²) in [6.07, 6.45) is -1.81. The van der Waals surface area contributed by atoms with Crippen molar-refractivity contribution in [2.75, 3.05) is 18.1 Å². The van der Waals surface area contributed by atoms with Crippen molar-refractivity contribution in [3.8, 4) is 12.3 Å². The number of terminal acetylenes is 1. The van der Waals surface area contributed by atoms with Gasteiger partial charge in [-0.15, -0.1) is 6.42 Å². The van der Waals surface area contributed by atoms with Gasteiger partial charge < -0.3 is 45.7 Å². The number of aliphatic hydroxyl groups is 3. The second kappa shape index (κ2) is 9.66. The lowest BCUT2D eigenvalue weighted by Crippen LogP contribution is -2.45. The molecule has 19 nitrogen and oxygen atoms in total. The van der Waals surface area contributed by atoms with Crippen LogP contribution in [0.2, 0.25) is 0 Å². The summed E-state index contributed by atoms with van der Waals surface area (Å²) in [7, 11) is 0. The molecule has 0 amide bonds. The van der Waals surface area contributed by atoms with Crippen LogP contribution in [0.15, 0.2) is 23.8 Å². The highest BCUT2D eigenvalue weighted by atomic mass is 32.5. The van der Waals surface area contributed by atoms with Gasteiger partial charge in [-0.25, -0.2) is 24.3 Å². The van der Waals surface area contributed by atoms with Gasteiger partial charge in [0.15, 0.2) is 52.5 Å². The number of aromatic nitrogens is 8. The summed E-state index contributed by atoms with van der Waals surface area (Å²) in [6.45, 7) is -5.32. The molecule has 232 valence electrons. The van der Waals surface area contributed by atoms with Crippen LogP contribution in [-0.2, 0) is 30.3 Å². The van der Waals surface area contributed by atoms with Crippen molar-refractivity contribution in [2.45, 2.75) is 54.2 Å². The molecular formula is C22H22FN10O9PS. The number of nitrogens with one attached hydrogen (secondary N) is 1. The van der Waals surface area contributed by atoms with Crippen LogP contribution in [-0.4, -0.2) is 108 Å². The number of ether oxygens (including phenoxy) is 2. The van der Waals surface area contributed by atoms with Crippen LogP contribution in [0.25, 0.3) is 22.3 Å². The smallest absolute Gasteiger partial charge is 0.325 e. The van der Waals surface area contributed by atoms with Crippen molar-refractivity contribution in [3.05, 3.63) is 29.3 Å². The van der Waals surface area contributed by atoms with Gasteiger partial charge in [-0.05, 0) is 11.8 Å². The molecule has 3 fully saturated rings. The number of alkyl halides is 1. The van der Waals surface area contributed by atoms with E-state index in [1.54, 1.807) is 0 Å². The number of nitrogens with zero attached hydrogens (tertiary/aromatic N) is 7. The van der Waals surface area contributed by atoms with Crippen molar-refractivity contribution in [1.82, 2.24) is 39.0 Å². The van der Waals surface area contributed by atoms with E-state index >= 15 is 4.39 Å². The van der Waals surface area contributed by atoms with Crippen LogP contribution in [0.5, 0.6) is 0 Å². The van der Waals surface area contributed by atoms with E-state index in [0.717, 1.165) is 10.9 Å². The Morgan fingerprint density at radius 1 is 1.14 bits per heavy atom. The lowest BCUT2D eigenvalue weighted by Gasteiger charge is -2.31. The first kappa shape index (κ1) is 29.1. The van der Waals surface area contributed by atoms with E-state index < -0.39 is 73.1 Å². The summed E-state index contributed by atoms with van der Waals surface area (Å²) in [5, 5.41) is 31.9. The number of fused-ring (bicyclic) bond motifs is 3. The number of hydrogen-bond donors (Lipinski definition) is 7. The second-order valence-corrected chi connectivity index (χ2v) is 13.1. The molecule has 1 saturated carbocycles. The number of nitrogen functional groups attached to an aromatic ring is 2. The van der Waals surface area contributed by atoms with Crippen molar-refractivity contribution >= 4 is 52.6 Å². The van der Waals surface area contributed by atoms with Crippen LogP contribution in [0, 0.1) is 12.3 Å². The molecule has 9 N–H and O–H groups in total. The zero-order chi connectivity index (χ0) is 31.3. The summed E-state index contributed by atoms with van der Waals surface area (Å²) >= 11 is 5.13. The Kier molecular flexibility index (Phi) is 6.38. The number of aromatic amines is 1. The first-order valence-corrected chi connectivity index (χ1v) is 15.3. The standard InChI is InChI=1S/C22H22FN10O9PS/c1-2-21(10(35)9(34)18(41-21)32-5-28-7-14(24)26-4-27-15(7)32)3-39-43(38,44)42-13-19(40-12-11(36)22(12,13)23)33-6-29-8-16(33)30-20(25)31-17(8)37/h1,4-6,9-13,18-19,34-36H,3H2,(H,38,44)(H2,24,26,27)(H3,25,30,31,37)/t9-,10+,11?,12-,13+,18-,19-,21-,22+,43?/m1/s1. The molecule has 2 aliphatic heterocycles. The maximum absolute atomic E-state index is 15.8. The molecular weight excluding hydrogens is 630 g/mol. The minimum atomic E-state index is -4.49. The van der Waals surface area contributed by atoms with Crippen LogP contribution in [0.1, 0.15) is 12.5 Å². The number of nitrogens with two attached hydrogens (primary N) is 2. The molecule has 44 heavy (non-hydrogen) atoms. The Labute approximate surface area is 248 Å². The second-order valence-electron chi connectivity index (χ2n) is 10.3. The van der Waals surface area contributed by atoms with Gasteiger partial charge in [0, 0.05) is 0 Å². The fraction of sp³-hybridized carbons (Fsp3) is 0.455. The maximum atomic E-state index is 15.8. The molecule has 6 heterocycles. The van der Waals surface area contributed by atoms with E-state index in [2.05, 4.69) is 35.8 Å². The Morgan fingerprint density at radius 2 is 1.84 bits per heavy atom. The highest BCUT2D eigenvalue weighted by Crippen LogP contribution is 2.62. The van der Waals surface area contributed by atoms with Gasteiger partial charge in [-0.2, -0.15) is 4.98 Å². The molecule has 2 unspecified atom stereocenters. The number of rotatable bonds is 7. The van der Waals surface area contributed by atoms with E-state index in [1.165, 1.54) is 17.2 Å². The zero-order valence-electron chi connectivity index (χ0n) is 21.9. The first-order valence-electron chi connectivity index (χ1n) is 12.7. The van der Waals surface area contributed by atoms with Crippen LogP contribution in [0.3, 0.4) is 0 Å². The Balaban J connectivity index is 1.14. The molecule has 4 aromatic rings. The molecule has 4 aromatic heterocycles. The molecule has 3 aliphatic rings. The number of halogens is 1. The Hall–Kier alpha value is -3.68. The largest absolute Gasteiger partial charge is 0.387 e. The third-order valence-electron chi connectivity index (χ3n) is 7.79. The van der Waals surface area contributed by atoms with Gasteiger partial charge in [0.1, 0.15) is 36.3 Å². The SMILES string of the molecule is C#C[C@]1(COP(O)(=S)O[C@H]2[C@H](n3cnc4c(=O)[nH]c(N)nc43)O[C@@H]3C(O)[C@]32F)O[C@@H](n2cnc3c(N)ncnc32)[C@H](O)[C@@H]1O. The van der Waals surface area contributed by atoms with E-state index in [9.17, 15) is 25.0 Å². The van der Waals surface area contributed by atoms with Crippen LogP contribution in [0.4, 0.5) is 16.2 Å². The van der Waals surface area contributed by atoms with Crippen molar-refractivity contribution in [3.63, 3.8) is 0 Å². The topological polar surface area (TPSA) is 277 Å². The highest BCUT2D eigenvalue weighted by molar-refractivity contribution is 8.07. The van der Waals surface area contributed by atoms with E-state index in [0.29, 0.717) is 0 Å². The zero-order valence-corrected chi connectivity index (χ0v) is 23.6. The maximum Gasteiger partial charge on any atom is 0.325 e. The van der Waals surface area contributed by atoms with Gasteiger partial charge in [0.2, 0.25) is 5.95 Å². The average molecular weight is 653 g/mol. The number of anilines is 2. The third kappa shape index (κ3) is 4.08. The predicted octanol–water partition coefficient (Wildman–Crippen LogP) is -2.65. The fourth-order valence-corrected chi connectivity index (χ4v) is 6.85. The molecule has 1 aliphatic carbocycles. The van der Waals surface area contributed by atoms with Crippen molar-refractivity contribution in [2.24, 2.45) is 0 Å². The van der Waals surface area contributed by atoms with Gasteiger partial charge in [0.05, 0.1) is 19.3 Å². The molecule has 0 radical (unpaired) electrons. The number of hydrogen-bond acceptors (Lipinski definition) is 16. The van der Waals surface area contributed by atoms with E-state index in [1.807, 2.05) is 0 Å². The first-order chi connectivity index (χ1) is 20.8. The summed E-state index contributed by atoms with van der Waals surface area (Å²) in [5.41, 5.74) is 6.29. The summed E-state index contributed by atoms with van der Waals surface area (Å²) < 4.78 is 40.7. The van der Waals surface area contributed by atoms with Gasteiger partial charge >= 0.3 is 6.72 Å². The Morgan fingerprint density at radius 3 is 2.57 bits per heavy atom. The van der Waals surface area contributed by atoms with Gasteiger partial charge in [-0.3, -0.25) is 23.4 Å². The van der Waals surface area contributed by atoms with Crippen LogP contribution >= 0.6 is 6.72 Å². The molecule has 10 atom stereocenters. The average Bonchev–Trinajstić information content (AvgIpc) is 3.51. The van der Waals surface area contributed by atoms with Crippen LogP contribution < -0.4 is 17.0 Å². The molecule has 7 rings (SSSR count). The van der Waals surface area contributed by atoms with Crippen molar-refractivity contribution < 1.29 is 43.1 Å². The third-order valence-corrected chi connectivity index (χ3v) is 9.32. The molecule has 0 aromatic carbocycles. The quantitative estimate of drug-likeness (QED) is 0.0792. The van der Waals surface area contributed by atoms with Gasteiger partial charge in [-0.1, -0.05) is 5.92 Å². The van der Waals surface area contributed by atoms with E-state index in [-0.39, 0.29) is 34.1 Å². The lowest BCUT2D eigenvalue weighted by atomic mass is 9.97. The lowest BCUT2D eigenvalue weighted by molar-refractivity contribution is -0.0965. The minimum absolute atomic E-state index is 0.0593. The number of imidazole rings is 2. The van der Waals surface area contributed by atoms with Crippen molar-refractivity contribution in [1.29, 1.82) is 0 Å². The number of aliphatic hydroxyl groups excluding tert-OH is 3. The molecule has 2 saturated heterocycles. The predicted molar refractivity (Wildman–Crippen MR) is 147 cm³/mol. The monoisotopic (exact) mass is 652 g/mol. The fourth-order valence-electron chi connectivity index (χ4n) is 5.45.